The van der Waals surface area contributed by atoms with Gasteiger partial charge in [0.15, 0.2) is 0 Å². The largest absolute Gasteiger partial charge is 0.469 e. The van der Waals surface area contributed by atoms with Crippen molar-refractivity contribution in [3.63, 3.8) is 0 Å². The van der Waals surface area contributed by atoms with Crippen LogP contribution < -0.4 is 0 Å². The Labute approximate surface area is 96.4 Å². The molecular weight excluding hydrogens is 204 g/mol. The Bertz CT molecular complexity index is 306. The smallest absolute Gasteiger partial charge is 0.313 e. The first-order valence-electron chi connectivity index (χ1n) is 5.36. The summed E-state index contributed by atoms with van der Waals surface area (Å²) in [4.78, 5) is 21.7. The molecule has 1 rings (SSSR count). The van der Waals surface area contributed by atoms with Crippen LogP contribution in [0, 0.1) is 0 Å². The fourth-order valence-corrected chi connectivity index (χ4v) is 1.29. The van der Waals surface area contributed by atoms with Gasteiger partial charge in [-0.1, -0.05) is 44.2 Å². The summed E-state index contributed by atoms with van der Waals surface area (Å²) in [7, 11) is 1.32. The molecule has 1 aromatic rings. The van der Waals surface area contributed by atoms with Crippen LogP contribution in [0.2, 0.25) is 0 Å². The fraction of sp³-hybridized carbons (Fsp3) is 0.385. The Morgan fingerprint density at radius 2 is 1.88 bits per heavy atom. The summed E-state index contributed by atoms with van der Waals surface area (Å²) in [6.07, 6.45) is 0.894. The molecule has 3 heteroatoms. The summed E-state index contributed by atoms with van der Waals surface area (Å²) in [5.41, 5.74) is 0.812. The van der Waals surface area contributed by atoms with Crippen LogP contribution in [0.1, 0.15) is 31.7 Å². The highest BCUT2D eigenvalue weighted by Gasteiger charge is 2.20. The molecule has 3 nitrogen and oxygen atoms in total. The van der Waals surface area contributed by atoms with Crippen molar-refractivity contribution in [2.24, 2.45) is 0 Å². The van der Waals surface area contributed by atoms with Gasteiger partial charge in [0.2, 0.25) is 0 Å². The molecular formula is C13H18O3. The monoisotopic (exact) mass is 222 g/mol. The van der Waals surface area contributed by atoms with Gasteiger partial charge in [0, 0.05) is 6.42 Å². The van der Waals surface area contributed by atoms with Crippen LogP contribution in [0.3, 0.4) is 0 Å². The van der Waals surface area contributed by atoms with E-state index < -0.39 is 5.92 Å². The van der Waals surface area contributed by atoms with Crippen molar-refractivity contribution in [3.8, 4) is 0 Å². The van der Waals surface area contributed by atoms with Gasteiger partial charge >= 0.3 is 5.97 Å². The zero-order valence-corrected chi connectivity index (χ0v) is 9.97. The van der Waals surface area contributed by atoms with Crippen LogP contribution in [-0.2, 0) is 14.3 Å². The van der Waals surface area contributed by atoms with E-state index in [1.54, 1.807) is 0 Å². The first-order valence-corrected chi connectivity index (χ1v) is 5.36. The van der Waals surface area contributed by atoms with Crippen molar-refractivity contribution in [1.82, 2.24) is 0 Å². The molecule has 1 unspecified atom stereocenters. The van der Waals surface area contributed by atoms with E-state index in [4.69, 9.17) is 0 Å². The number of methoxy groups -OCH3 is 1. The summed E-state index contributed by atoms with van der Waals surface area (Å²) in [6.45, 7) is 4.00. The second-order valence-corrected chi connectivity index (χ2v) is 2.89. The lowest BCUT2D eigenvalue weighted by atomic mass is 9.97. The van der Waals surface area contributed by atoms with E-state index >= 15 is 0 Å². The molecule has 0 heterocycles. The van der Waals surface area contributed by atoms with E-state index in [1.165, 1.54) is 7.11 Å². The first-order chi connectivity index (χ1) is 7.79. The SMILES string of the molecule is CC.COC(=O)C(CC=O)c1ccccc1. The van der Waals surface area contributed by atoms with Crippen LogP contribution in [0.5, 0.6) is 0 Å². The maximum absolute atomic E-state index is 11.3. The van der Waals surface area contributed by atoms with Crippen molar-refractivity contribution in [2.75, 3.05) is 7.11 Å². The molecule has 0 radical (unpaired) electrons. The van der Waals surface area contributed by atoms with Crippen molar-refractivity contribution in [2.45, 2.75) is 26.2 Å². The van der Waals surface area contributed by atoms with Gasteiger partial charge in [-0.25, -0.2) is 0 Å². The molecule has 0 aliphatic rings. The quantitative estimate of drug-likeness (QED) is 0.581. The molecule has 0 N–H and O–H groups in total. The van der Waals surface area contributed by atoms with Gasteiger partial charge in [-0.05, 0) is 5.56 Å². The van der Waals surface area contributed by atoms with Crippen molar-refractivity contribution in [1.29, 1.82) is 0 Å². The number of esters is 1. The predicted molar refractivity (Wildman–Crippen MR) is 63.2 cm³/mol. The maximum atomic E-state index is 11.3. The highest BCUT2D eigenvalue weighted by Crippen LogP contribution is 2.19. The number of aldehydes is 1. The average Bonchev–Trinajstić information content (AvgIpc) is 2.38. The van der Waals surface area contributed by atoms with Gasteiger partial charge in [-0.3, -0.25) is 4.79 Å². The highest BCUT2D eigenvalue weighted by atomic mass is 16.5. The summed E-state index contributed by atoms with van der Waals surface area (Å²) >= 11 is 0. The second-order valence-electron chi connectivity index (χ2n) is 2.89. The van der Waals surface area contributed by atoms with Gasteiger partial charge in [0.05, 0.1) is 13.0 Å². The summed E-state index contributed by atoms with van der Waals surface area (Å²) < 4.78 is 4.62. The lowest BCUT2D eigenvalue weighted by molar-refractivity contribution is -0.143. The normalized spacial score (nSPS) is 10.7. The molecule has 0 saturated carbocycles. The molecule has 1 atom stereocenters. The number of hydrogen-bond acceptors (Lipinski definition) is 3. The molecule has 88 valence electrons. The summed E-state index contributed by atoms with van der Waals surface area (Å²) in [6, 6.07) is 9.14. The summed E-state index contributed by atoms with van der Waals surface area (Å²) in [5, 5.41) is 0. The number of hydrogen-bond donors (Lipinski definition) is 0. The molecule has 0 aliphatic heterocycles. The zero-order chi connectivity index (χ0) is 12.4. The minimum absolute atomic E-state index is 0.163. The van der Waals surface area contributed by atoms with E-state index in [0.29, 0.717) is 0 Å². The number of carbonyl (C=O) groups is 2. The van der Waals surface area contributed by atoms with Gasteiger partial charge < -0.3 is 9.53 Å². The topological polar surface area (TPSA) is 43.4 Å². The third kappa shape index (κ3) is 4.26. The zero-order valence-electron chi connectivity index (χ0n) is 9.97. The Hall–Kier alpha value is -1.64. The minimum Gasteiger partial charge on any atom is -0.469 e. The molecule has 0 amide bonds. The lowest BCUT2D eigenvalue weighted by Crippen LogP contribution is -2.14. The maximum Gasteiger partial charge on any atom is 0.313 e. The van der Waals surface area contributed by atoms with E-state index in [9.17, 15) is 9.59 Å². The molecule has 0 aromatic heterocycles. The molecule has 1 aromatic carbocycles. The van der Waals surface area contributed by atoms with E-state index in [1.807, 2.05) is 44.2 Å². The summed E-state index contributed by atoms with van der Waals surface area (Å²) in [5.74, 6) is -0.845. The Kier molecular flexibility index (Phi) is 7.76. The third-order valence-electron chi connectivity index (χ3n) is 2.02. The molecule has 0 spiro atoms. The molecule has 0 fully saturated rings. The van der Waals surface area contributed by atoms with Crippen LogP contribution in [0.15, 0.2) is 30.3 Å². The van der Waals surface area contributed by atoms with Crippen molar-refractivity contribution >= 4 is 12.3 Å². The Balaban J connectivity index is 0.00000106. The predicted octanol–water partition coefficient (Wildman–Crippen LogP) is 2.56. The van der Waals surface area contributed by atoms with E-state index in [-0.39, 0.29) is 12.4 Å². The van der Waals surface area contributed by atoms with Crippen LogP contribution in [-0.4, -0.2) is 19.4 Å². The van der Waals surface area contributed by atoms with E-state index in [2.05, 4.69) is 4.74 Å². The van der Waals surface area contributed by atoms with E-state index in [0.717, 1.165) is 11.8 Å². The van der Waals surface area contributed by atoms with Crippen molar-refractivity contribution < 1.29 is 14.3 Å². The lowest BCUT2D eigenvalue weighted by Gasteiger charge is -2.11. The number of benzene rings is 1. The van der Waals surface area contributed by atoms with Gasteiger partial charge in [-0.15, -0.1) is 0 Å². The molecule has 0 bridgehead atoms. The average molecular weight is 222 g/mol. The van der Waals surface area contributed by atoms with Gasteiger partial charge in [-0.2, -0.15) is 0 Å². The van der Waals surface area contributed by atoms with Gasteiger partial charge in [0.25, 0.3) is 0 Å². The van der Waals surface area contributed by atoms with Gasteiger partial charge in [0.1, 0.15) is 6.29 Å². The van der Waals surface area contributed by atoms with Crippen LogP contribution in [0.4, 0.5) is 0 Å². The van der Waals surface area contributed by atoms with Crippen LogP contribution >= 0.6 is 0 Å². The molecule has 16 heavy (non-hydrogen) atoms. The standard InChI is InChI=1S/C11H12O3.C2H6/c1-14-11(13)10(7-8-12)9-5-3-2-4-6-9;1-2/h2-6,8,10H,7H2,1H3;1-2H3. The Morgan fingerprint density at radius 1 is 1.31 bits per heavy atom. The minimum atomic E-state index is -0.473. The van der Waals surface area contributed by atoms with Crippen molar-refractivity contribution in [3.05, 3.63) is 35.9 Å². The first kappa shape index (κ1) is 14.4. The molecule has 0 aliphatic carbocycles. The second kappa shape index (κ2) is 8.65. The fourth-order valence-electron chi connectivity index (χ4n) is 1.29. The van der Waals surface area contributed by atoms with Crippen LogP contribution in [0.25, 0.3) is 0 Å². The highest BCUT2D eigenvalue weighted by molar-refractivity contribution is 5.80. The Morgan fingerprint density at radius 3 is 2.31 bits per heavy atom. The number of rotatable bonds is 4. The number of carbonyl (C=O) groups excluding carboxylic acids is 2. The number of ether oxygens (including phenoxy) is 1. The molecule has 0 saturated heterocycles. The third-order valence-corrected chi connectivity index (χ3v) is 2.02.